The van der Waals surface area contributed by atoms with E-state index in [-0.39, 0.29) is 5.91 Å². The highest BCUT2D eigenvalue weighted by atomic mass is 32.2. The molecule has 0 aromatic heterocycles. The van der Waals surface area contributed by atoms with Crippen LogP contribution in [-0.4, -0.2) is 18.2 Å². The van der Waals surface area contributed by atoms with Crippen molar-refractivity contribution in [1.29, 1.82) is 0 Å². The zero-order valence-corrected chi connectivity index (χ0v) is 11.3. The maximum absolute atomic E-state index is 12.1. The molecule has 0 aliphatic heterocycles. The first-order valence-electron chi connectivity index (χ1n) is 5.82. The summed E-state index contributed by atoms with van der Waals surface area (Å²) in [6, 6.07) is 6.20. The van der Waals surface area contributed by atoms with Gasteiger partial charge in [0.2, 0.25) is 0 Å². The van der Waals surface area contributed by atoms with Crippen LogP contribution in [0.2, 0.25) is 0 Å². The van der Waals surface area contributed by atoms with Crippen molar-refractivity contribution >= 4 is 17.7 Å². The number of carbonyl (C=O) groups excluding carboxylic acids is 1. The standard InChI is InChI=1S/C13H17F2NOS/c1-9(2)7-8-16-12(17)10-3-5-11(6-4-10)18-13(14)15/h3-6,9,13H,7-8H2,1-2H3,(H,16,17). The molecule has 0 aliphatic carbocycles. The minimum absolute atomic E-state index is 0.163. The highest BCUT2D eigenvalue weighted by molar-refractivity contribution is 7.99. The number of nitrogens with one attached hydrogen (secondary N) is 1. The monoisotopic (exact) mass is 273 g/mol. The maximum atomic E-state index is 12.1. The van der Waals surface area contributed by atoms with Crippen molar-refractivity contribution in [3.8, 4) is 0 Å². The lowest BCUT2D eigenvalue weighted by atomic mass is 10.1. The van der Waals surface area contributed by atoms with E-state index in [1.165, 1.54) is 12.1 Å². The molecule has 0 aliphatic rings. The van der Waals surface area contributed by atoms with E-state index in [0.29, 0.717) is 34.7 Å². The Labute approximate surface area is 110 Å². The SMILES string of the molecule is CC(C)CCNC(=O)c1ccc(SC(F)F)cc1. The first-order valence-corrected chi connectivity index (χ1v) is 6.70. The van der Waals surface area contributed by atoms with Gasteiger partial charge in [-0.25, -0.2) is 0 Å². The van der Waals surface area contributed by atoms with Crippen LogP contribution in [0.3, 0.4) is 0 Å². The van der Waals surface area contributed by atoms with Gasteiger partial charge in [0.05, 0.1) is 0 Å². The highest BCUT2D eigenvalue weighted by Gasteiger charge is 2.08. The van der Waals surface area contributed by atoms with E-state index >= 15 is 0 Å². The average molecular weight is 273 g/mol. The summed E-state index contributed by atoms with van der Waals surface area (Å²) in [5.74, 6) is -2.06. The quantitative estimate of drug-likeness (QED) is 0.799. The molecule has 1 aromatic carbocycles. The second kappa shape index (κ2) is 7.36. The van der Waals surface area contributed by atoms with Crippen LogP contribution in [0.5, 0.6) is 0 Å². The Balaban J connectivity index is 2.48. The molecule has 100 valence electrons. The molecule has 0 fully saturated rings. The molecule has 1 aromatic rings. The van der Waals surface area contributed by atoms with Gasteiger partial charge < -0.3 is 5.32 Å². The minimum Gasteiger partial charge on any atom is -0.352 e. The Morgan fingerprint density at radius 1 is 1.28 bits per heavy atom. The summed E-state index contributed by atoms with van der Waals surface area (Å²) in [7, 11) is 0. The second-order valence-electron chi connectivity index (χ2n) is 4.34. The first-order chi connectivity index (χ1) is 8.49. The largest absolute Gasteiger partial charge is 0.352 e. The number of benzene rings is 1. The lowest BCUT2D eigenvalue weighted by Gasteiger charge is -2.07. The van der Waals surface area contributed by atoms with E-state index in [0.717, 1.165) is 6.42 Å². The molecule has 0 radical (unpaired) electrons. The molecule has 0 bridgehead atoms. The van der Waals surface area contributed by atoms with Gasteiger partial charge in [-0.05, 0) is 36.6 Å². The molecular formula is C13H17F2NOS. The lowest BCUT2D eigenvalue weighted by Crippen LogP contribution is -2.25. The third-order valence-corrected chi connectivity index (χ3v) is 3.07. The zero-order valence-electron chi connectivity index (χ0n) is 10.5. The van der Waals surface area contributed by atoms with Crippen molar-refractivity contribution in [1.82, 2.24) is 5.32 Å². The summed E-state index contributed by atoms with van der Waals surface area (Å²) in [5, 5.41) is 2.80. The molecule has 0 heterocycles. The van der Waals surface area contributed by atoms with Crippen LogP contribution in [0, 0.1) is 5.92 Å². The van der Waals surface area contributed by atoms with Crippen molar-refractivity contribution in [2.24, 2.45) is 5.92 Å². The summed E-state index contributed by atoms with van der Waals surface area (Å²) in [6.45, 7) is 4.80. The van der Waals surface area contributed by atoms with E-state index in [1.807, 2.05) is 0 Å². The van der Waals surface area contributed by atoms with E-state index in [4.69, 9.17) is 0 Å². The topological polar surface area (TPSA) is 29.1 Å². The van der Waals surface area contributed by atoms with Crippen molar-refractivity contribution in [3.63, 3.8) is 0 Å². The molecule has 0 spiro atoms. The van der Waals surface area contributed by atoms with Crippen LogP contribution in [0.25, 0.3) is 0 Å². The Hall–Kier alpha value is -1.10. The number of carbonyl (C=O) groups is 1. The number of rotatable bonds is 6. The number of hydrogen-bond donors (Lipinski definition) is 1. The van der Waals surface area contributed by atoms with Crippen molar-refractivity contribution in [2.45, 2.75) is 30.9 Å². The van der Waals surface area contributed by atoms with Gasteiger partial charge in [0.15, 0.2) is 0 Å². The molecule has 1 N–H and O–H groups in total. The van der Waals surface area contributed by atoms with Crippen LogP contribution < -0.4 is 5.32 Å². The van der Waals surface area contributed by atoms with Gasteiger partial charge >= 0.3 is 0 Å². The van der Waals surface area contributed by atoms with Gasteiger partial charge in [-0.15, -0.1) is 0 Å². The predicted molar refractivity (Wildman–Crippen MR) is 70.1 cm³/mol. The summed E-state index contributed by atoms with van der Waals surface area (Å²) in [6.07, 6.45) is 0.922. The highest BCUT2D eigenvalue weighted by Crippen LogP contribution is 2.25. The fourth-order valence-electron chi connectivity index (χ4n) is 1.36. The molecule has 1 rings (SSSR count). The second-order valence-corrected chi connectivity index (χ2v) is 5.40. The van der Waals surface area contributed by atoms with Gasteiger partial charge in [0.1, 0.15) is 0 Å². The van der Waals surface area contributed by atoms with E-state index in [9.17, 15) is 13.6 Å². The Morgan fingerprint density at radius 2 is 1.89 bits per heavy atom. The van der Waals surface area contributed by atoms with E-state index < -0.39 is 5.76 Å². The molecule has 0 atom stereocenters. The van der Waals surface area contributed by atoms with E-state index in [1.54, 1.807) is 12.1 Å². The summed E-state index contributed by atoms with van der Waals surface area (Å²) in [4.78, 5) is 12.2. The molecule has 0 unspecified atom stereocenters. The molecule has 1 amide bonds. The third-order valence-electron chi connectivity index (χ3n) is 2.35. The summed E-state index contributed by atoms with van der Waals surface area (Å²) < 4.78 is 24.2. The molecular weight excluding hydrogens is 256 g/mol. The van der Waals surface area contributed by atoms with Gasteiger partial charge in [-0.2, -0.15) is 8.78 Å². The van der Waals surface area contributed by atoms with Gasteiger partial charge in [0, 0.05) is 17.0 Å². The number of alkyl halides is 2. The fourth-order valence-corrected chi connectivity index (χ4v) is 1.86. The van der Waals surface area contributed by atoms with Gasteiger partial charge in [-0.3, -0.25) is 4.79 Å². The third kappa shape index (κ3) is 5.49. The van der Waals surface area contributed by atoms with Crippen molar-refractivity contribution in [3.05, 3.63) is 29.8 Å². The average Bonchev–Trinajstić information content (AvgIpc) is 2.28. The Kier molecular flexibility index (Phi) is 6.12. The van der Waals surface area contributed by atoms with Crippen LogP contribution in [0.1, 0.15) is 30.6 Å². The molecule has 0 saturated carbocycles. The first kappa shape index (κ1) is 15.0. The number of thioether (sulfide) groups is 1. The summed E-state index contributed by atoms with van der Waals surface area (Å²) >= 11 is 0.476. The van der Waals surface area contributed by atoms with Crippen LogP contribution in [0.4, 0.5) is 8.78 Å². The van der Waals surface area contributed by atoms with Crippen LogP contribution >= 0.6 is 11.8 Å². The summed E-state index contributed by atoms with van der Waals surface area (Å²) in [5.41, 5.74) is 0.498. The lowest BCUT2D eigenvalue weighted by molar-refractivity contribution is 0.0952. The number of amides is 1. The molecule has 5 heteroatoms. The Bertz CT molecular complexity index is 379. The van der Waals surface area contributed by atoms with Gasteiger partial charge in [-0.1, -0.05) is 25.6 Å². The number of halogens is 2. The molecule has 18 heavy (non-hydrogen) atoms. The minimum atomic E-state index is -2.43. The zero-order chi connectivity index (χ0) is 13.5. The predicted octanol–water partition coefficient (Wildman–Crippen LogP) is 3.78. The van der Waals surface area contributed by atoms with Crippen molar-refractivity contribution in [2.75, 3.05) is 6.54 Å². The Morgan fingerprint density at radius 3 is 2.39 bits per heavy atom. The van der Waals surface area contributed by atoms with Crippen LogP contribution in [-0.2, 0) is 0 Å². The van der Waals surface area contributed by atoms with Gasteiger partial charge in [0.25, 0.3) is 11.7 Å². The van der Waals surface area contributed by atoms with Crippen LogP contribution in [0.15, 0.2) is 29.2 Å². The normalized spacial score (nSPS) is 11.0. The maximum Gasteiger partial charge on any atom is 0.288 e. The van der Waals surface area contributed by atoms with E-state index in [2.05, 4.69) is 19.2 Å². The molecule has 0 saturated heterocycles. The number of hydrogen-bond acceptors (Lipinski definition) is 2. The smallest absolute Gasteiger partial charge is 0.288 e. The fraction of sp³-hybridized carbons (Fsp3) is 0.462. The van der Waals surface area contributed by atoms with Crippen molar-refractivity contribution < 1.29 is 13.6 Å². The molecule has 2 nitrogen and oxygen atoms in total.